The third kappa shape index (κ3) is 3.62. The van der Waals surface area contributed by atoms with Crippen molar-refractivity contribution in [1.82, 2.24) is 9.38 Å². The Bertz CT molecular complexity index is 1520. The Kier molecular flexibility index (Phi) is 6.04. The molecule has 0 N–H and O–H groups in total. The summed E-state index contributed by atoms with van der Waals surface area (Å²) in [6.07, 6.45) is 4.36. The van der Waals surface area contributed by atoms with E-state index in [4.69, 9.17) is 4.98 Å². The zero-order valence-corrected chi connectivity index (χ0v) is 23.3. The number of rotatable bonds is 6. The summed E-state index contributed by atoms with van der Waals surface area (Å²) in [5, 5.41) is 4.00. The number of hydrogen-bond donors (Lipinski definition) is 0. The second-order valence-electron chi connectivity index (χ2n) is 11.0. The van der Waals surface area contributed by atoms with E-state index in [0.29, 0.717) is 11.8 Å². The molecule has 0 unspecified atom stereocenters. The van der Waals surface area contributed by atoms with E-state index in [2.05, 4.69) is 108 Å². The fourth-order valence-corrected chi connectivity index (χ4v) is 6.81. The van der Waals surface area contributed by atoms with E-state index in [1.54, 1.807) is 0 Å². The van der Waals surface area contributed by atoms with Gasteiger partial charge in [0.2, 0.25) is 0 Å². The summed E-state index contributed by atoms with van der Waals surface area (Å²) in [5.41, 5.74) is 8.04. The maximum Gasteiger partial charge on any atom is 0.146 e. The maximum atomic E-state index is 5.20. The van der Waals surface area contributed by atoms with Crippen LogP contribution in [0.4, 0.5) is 0 Å². The third-order valence-electron chi connectivity index (χ3n) is 8.22. The molecule has 0 radical (unpaired) electrons. The van der Waals surface area contributed by atoms with Crippen LogP contribution in [-0.2, 0) is 5.41 Å². The molecule has 3 heteroatoms. The van der Waals surface area contributed by atoms with Gasteiger partial charge in [-0.1, -0.05) is 84.9 Å². The largest absolute Gasteiger partial charge is 0.283 e. The van der Waals surface area contributed by atoms with E-state index >= 15 is 0 Å². The van der Waals surface area contributed by atoms with E-state index < -0.39 is 0 Å². The van der Waals surface area contributed by atoms with Crippen molar-refractivity contribution >= 4 is 38.0 Å². The van der Waals surface area contributed by atoms with Crippen molar-refractivity contribution in [3.05, 3.63) is 70.2 Å². The maximum absolute atomic E-state index is 5.20. The standard InChI is InChI=1S/C32H38N2S/c1-9-32(8,10-2)26-16-12-15-24-25-17-21(7)35-31(25)34-27(18-33-30(34)29(24)26)28-22(19(3)4)13-11-14-23(28)20(5)6/h11-20H,9-10H2,1-8H3. The van der Waals surface area contributed by atoms with Crippen molar-refractivity contribution in [2.75, 3.05) is 0 Å². The van der Waals surface area contributed by atoms with Crippen LogP contribution in [-0.4, -0.2) is 9.38 Å². The summed E-state index contributed by atoms with van der Waals surface area (Å²) in [4.78, 5) is 7.84. The van der Waals surface area contributed by atoms with Gasteiger partial charge in [0.15, 0.2) is 0 Å². The van der Waals surface area contributed by atoms with Crippen molar-refractivity contribution in [2.24, 2.45) is 0 Å². The molecule has 0 aliphatic carbocycles. The Labute approximate surface area is 214 Å². The summed E-state index contributed by atoms with van der Waals surface area (Å²) in [7, 11) is 0. The zero-order valence-electron chi connectivity index (χ0n) is 22.5. The van der Waals surface area contributed by atoms with Crippen molar-refractivity contribution in [1.29, 1.82) is 0 Å². The number of imidazole rings is 1. The first-order valence-electron chi connectivity index (χ1n) is 13.2. The highest BCUT2D eigenvalue weighted by Crippen LogP contribution is 2.44. The molecule has 0 saturated carbocycles. The second kappa shape index (κ2) is 8.78. The van der Waals surface area contributed by atoms with Gasteiger partial charge >= 0.3 is 0 Å². The molecular formula is C32H38N2S. The van der Waals surface area contributed by atoms with Crippen LogP contribution in [0.2, 0.25) is 0 Å². The summed E-state index contributed by atoms with van der Waals surface area (Å²) >= 11 is 1.89. The average molecular weight is 483 g/mol. The molecule has 2 aromatic carbocycles. The first kappa shape index (κ1) is 24.1. The highest BCUT2D eigenvalue weighted by Gasteiger charge is 2.28. The topological polar surface area (TPSA) is 17.3 Å². The summed E-state index contributed by atoms with van der Waals surface area (Å²) in [6.45, 7) is 18.5. The normalized spacial score (nSPS) is 12.7. The highest BCUT2D eigenvalue weighted by atomic mass is 32.1. The van der Waals surface area contributed by atoms with Gasteiger partial charge in [0.25, 0.3) is 0 Å². The molecular weight excluding hydrogens is 444 g/mol. The molecule has 3 heterocycles. The lowest BCUT2D eigenvalue weighted by Crippen LogP contribution is -2.20. The SMILES string of the molecule is CCC(C)(CC)c1cccc2c3cc(C)sc3n3c(-c4c(C(C)C)cccc4C(C)C)cnc3c12. The number of benzene rings is 2. The minimum absolute atomic E-state index is 0.115. The van der Waals surface area contributed by atoms with Gasteiger partial charge in [0.05, 0.1) is 11.9 Å². The van der Waals surface area contributed by atoms with E-state index in [1.165, 1.54) is 53.8 Å². The molecule has 5 rings (SSSR count). The monoisotopic (exact) mass is 482 g/mol. The predicted molar refractivity (Wildman–Crippen MR) is 154 cm³/mol. The van der Waals surface area contributed by atoms with E-state index in [0.717, 1.165) is 18.5 Å². The van der Waals surface area contributed by atoms with Gasteiger partial charge < -0.3 is 0 Å². The number of fused-ring (bicyclic) bond motifs is 6. The molecule has 0 atom stereocenters. The van der Waals surface area contributed by atoms with Crippen LogP contribution in [0.1, 0.15) is 94.7 Å². The number of hydrogen-bond acceptors (Lipinski definition) is 2. The first-order chi connectivity index (χ1) is 16.7. The summed E-state index contributed by atoms with van der Waals surface area (Å²) in [5.74, 6) is 0.878. The Morgan fingerprint density at radius 1 is 0.914 bits per heavy atom. The van der Waals surface area contributed by atoms with Crippen LogP contribution in [0.5, 0.6) is 0 Å². The molecule has 0 spiro atoms. The smallest absolute Gasteiger partial charge is 0.146 e. The molecule has 0 aliphatic heterocycles. The lowest BCUT2D eigenvalue weighted by atomic mass is 9.76. The number of nitrogens with zero attached hydrogens (tertiary/aromatic N) is 2. The van der Waals surface area contributed by atoms with Crippen LogP contribution in [0.3, 0.4) is 0 Å². The van der Waals surface area contributed by atoms with Gasteiger partial charge in [-0.2, -0.15) is 0 Å². The van der Waals surface area contributed by atoms with Crippen molar-refractivity contribution < 1.29 is 0 Å². The fraction of sp³-hybridized carbons (Fsp3) is 0.406. The van der Waals surface area contributed by atoms with Crippen LogP contribution in [0.25, 0.3) is 37.9 Å². The summed E-state index contributed by atoms with van der Waals surface area (Å²) in [6, 6.07) is 16.1. The number of thiophene rings is 1. The Morgan fingerprint density at radius 2 is 1.54 bits per heavy atom. The quantitative estimate of drug-likeness (QED) is 0.235. The zero-order chi connectivity index (χ0) is 25.1. The molecule has 5 aromatic rings. The molecule has 2 nitrogen and oxygen atoms in total. The Hall–Kier alpha value is -2.65. The molecule has 0 fully saturated rings. The van der Waals surface area contributed by atoms with E-state index in [9.17, 15) is 0 Å². The van der Waals surface area contributed by atoms with Crippen LogP contribution >= 0.6 is 11.3 Å². The number of pyridine rings is 1. The van der Waals surface area contributed by atoms with Crippen LogP contribution < -0.4 is 0 Å². The minimum Gasteiger partial charge on any atom is -0.283 e. The van der Waals surface area contributed by atoms with Gasteiger partial charge in [-0.15, -0.1) is 11.3 Å². The van der Waals surface area contributed by atoms with Gasteiger partial charge in [-0.3, -0.25) is 4.40 Å². The number of aromatic nitrogens is 2. The molecule has 0 saturated heterocycles. The fourth-order valence-electron chi connectivity index (χ4n) is 5.77. The van der Waals surface area contributed by atoms with E-state index in [1.807, 2.05) is 11.3 Å². The lowest BCUT2D eigenvalue weighted by Gasteiger charge is -2.29. The van der Waals surface area contributed by atoms with Gasteiger partial charge in [-0.25, -0.2) is 4.98 Å². The summed E-state index contributed by atoms with van der Waals surface area (Å²) < 4.78 is 2.48. The predicted octanol–water partition coefficient (Wildman–Crippen LogP) is 10.0. The molecule has 0 amide bonds. The Morgan fingerprint density at radius 3 is 2.14 bits per heavy atom. The average Bonchev–Trinajstić information content (AvgIpc) is 3.46. The van der Waals surface area contributed by atoms with Crippen LogP contribution in [0, 0.1) is 6.92 Å². The molecule has 182 valence electrons. The Balaban J connectivity index is 2.02. The van der Waals surface area contributed by atoms with Crippen LogP contribution in [0.15, 0.2) is 48.7 Å². The molecule has 3 aromatic heterocycles. The van der Waals surface area contributed by atoms with E-state index in [-0.39, 0.29) is 5.41 Å². The lowest BCUT2D eigenvalue weighted by molar-refractivity contribution is 0.443. The molecule has 35 heavy (non-hydrogen) atoms. The third-order valence-corrected chi connectivity index (χ3v) is 9.25. The molecule has 0 bridgehead atoms. The van der Waals surface area contributed by atoms with Gasteiger partial charge in [0, 0.05) is 21.2 Å². The molecule has 0 aliphatic rings. The van der Waals surface area contributed by atoms with Crippen molar-refractivity contribution in [3.63, 3.8) is 0 Å². The first-order valence-corrected chi connectivity index (χ1v) is 14.0. The minimum atomic E-state index is 0.115. The van der Waals surface area contributed by atoms with Gasteiger partial charge in [-0.05, 0) is 65.2 Å². The van der Waals surface area contributed by atoms with Crippen molar-refractivity contribution in [2.45, 2.75) is 85.5 Å². The van der Waals surface area contributed by atoms with Crippen molar-refractivity contribution in [3.8, 4) is 11.3 Å². The number of aryl methyl sites for hydroxylation is 1. The highest BCUT2D eigenvalue weighted by molar-refractivity contribution is 7.18. The second-order valence-corrected chi connectivity index (χ2v) is 12.2. The van der Waals surface area contributed by atoms with Gasteiger partial charge in [0.1, 0.15) is 10.5 Å².